The Bertz CT molecular complexity index is 629. The molecule has 0 bridgehead atoms. The number of hydrogen-bond acceptors (Lipinski definition) is 3. The van der Waals surface area contributed by atoms with Crippen LogP contribution in [0, 0.1) is 0 Å². The Labute approximate surface area is 122 Å². The average Bonchev–Trinajstić information content (AvgIpc) is 2.43. The van der Waals surface area contributed by atoms with Gasteiger partial charge < -0.3 is 15.8 Å². The number of amides is 1. The normalized spacial score (nSPS) is 10.1. The molecule has 0 aromatic heterocycles. The van der Waals surface area contributed by atoms with E-state index in [0.29, 0.717) is 34.3 Å². The second-order valence-corrected chi connectivity index (χ2v) is 4.53. The lowest BCUT2D eigenvalue weighted by Crippen LogP contribution is -2.12. The van der Waals surface area contributed by atoms with Crippen molar-refractivity contribution in [1.82, 2.24) is 0 Å². The number of rotatable bonds is 4. The summed E-state index contributed by atoms with van der Waals surface area (Å²) in [5.74, 6) is 0.301. The first-order chi connectivity index (χ1) is 9.61. The molecule has 0 aliphatic rings. The lowest BCUT2D eigenvalue weighted by molar-refractivity contribution is 0.102. The van der Waals surface area contributed by atoms with Gasteiger partial charge in [0, 0.05) is 5.56 Å². The molecule has 0 radical (unpaired) electrons. The maximum Gasteiger partial charge on any atom is 0.255 e. The maximum atomic E-state index is 12.1. The highest BCUT2D eigenvalue weighted by Gasteiger charge is 2.10. The maximum absolute atomic E-state index is 12.1. The average molecular weight is 291 g/mol. The Hall–Kier alpha value is -2.20. The summed E-state index contributed by atoms with van der Waals surface area (Å²) in [4.78, 5) is 12.1. The Morgan fingerprint density at radius 2 is 2.05 bits per heavy atom. The number of benzene rings is 2. The van der Waals surface area contributed by atoms with E-state index in [0.717, 1.165) is 0 Å². The molecular formula is C15H15ClN2O2. The molecule has 4 nitrogen and oxygen atoms in total. The highest BCUT2D eigenvalue weighted by Crippen LogP contribution is 2.24. The van der Waals surface area contributed by atoms with Gasteiger partial charge in [0.2, 0.25) is 0 Å². The molecule has 2 rings (SSSR count). The summed E-state index contributed by atoms with van der Waals surface area (Å²) in [6.07, 6.45) is 0. The van der Waals surface area contributed by atoms with E-state index in [2.05, 4.69) is 5.32 Å². The largest absolute Gasteiger partial charge is 0.492 e. The first-order valence-corrected chi connectivity index (χ1v) is 6.58. The van der Waals surface area contributed by atoms with E-state index in [-0.39, 0.29) is 5.91 Å². The van der Waals surface area contributed by atoms with Crippen LogP contribution in [0.4, 0.5) is 11.4 Å². The zero-order valence-electron chi connectivity index (χ0n) is 11.0. The number of nitrogens with one attached hydrogen (secondary N) is 1. The van der Waals surface area contributed by atoms with Crippen molar-refractivity contribution in [1.29, 1.82) is 0 Å². The molecule has 0 heterocycles. The van der Waals surface area contributed by atoms with Crippen LogP contribution in [0.1, 0.15) is 17.3 Å². The van der Waals surface area contributed by atoms with E-state index in [1.165, 1.54) is 0 Å². The molecule has 0 fully saturated rings. The van der Waals surface area contributed by atoms with Gasteiger partial charge in [0.25, 0.3) is 5.91 Å². The Morgan fingerprint density at radius 3 is 2.70 bits per heavy atom. The lowest BCUT2D eigenvalue weighted by Gasteiger charge is -2.10. The molecule has 2 aromatic carbocycles. The highest BCUT2D eigenvalue weighted by molar-refractivity contribution is 6.33. The van der Waals surface area contributed by atoms with Crippen molar-refractivity contribution in [2.45, 2.75) is 6.92 Å². The first-order valence-electron chi connectivity index (χ1n) is 6.20. The van der Waals surface area contributed by atoms with Crippen LogP contribution < -0.4 is 15.8 Å². The molecule has 104 valence electrons. The van der Waals surface area contributed by atoms with Crippen LogP contribution in [0.25, 0.3) is 0 Å². The van der Waals surface area contributed by atoms with Crippen LogP contribution in [-0.4, -0.2) is 12.5 Å². The van der Waals surface area contributed by atoms with E-state index >= 15 is 0 Å². The smallest absolute Gasteiger partial charge is 0.255 e. The first kappa shape index (κ1) is 14.2. The fraction of sp³-hybridized carbons (Fsp3) is 0.133. The van der Waals surface area contributed by atoms with E-state index < -0.39 is 0 Å². The van der Waals surface area contributed by atoms with Gasteiger partial charge in [0.1, 0.15) is 5.75 Å². The number of carbonyl (C=O) groups excluding carboxylic acids is 1. The Balaban J connectivity index is 2.18. The standard InChI is InChI=1S/C15H15ClN2O2/c1-2-20-14-8-7-10(9-12(14)17)15(19)18-13-6-4-3-5-11(13)16/h3-9H,2,17H2,1H3,(H,18,19). The number of ether oxygens (including phenoxy) is 1. The van der Waals surface area contributed by atoms with Gasteiger partial charge in [-0.1, -0.05) is 23.7 Å². The summed E-state index contributed by atoms with van der Waals surface area (Å²) >= 11 is 5.99. The van der Waals surface area contributed by atoms with Crippen molar-refractivity contribution in [3.8, 4) is 5.75 Å². The van der Waals surface area contributed by atoms with Crippen molar-refractivity contribution < 1.29 is 9.53 Å². The van der Waals surface area contributed by atoms with Crippen LogP contribution in [0.3, 0.4) is 0 Å². The summed E-state index contributed by atoms with van der Waals surface area (Å²) < 4.78 is 5.33. The molecular weight excluding hydrogens is 276 g/mol. The number of nitrogen functional groups attached to an aromatic ring is 1. The van der Waals surface area contributed by atoms with Crippen LogP contribution in [0.2, 0.25) is 5.02 Å². The third kappa shape index (κ3) is 3.22. The number of anilines is 2. The highest BCUT2D eigenvalue weighted by atomic mass is 35.5. The monoisotopic (exact) mass is 290 g/mol. The third-order valence-electron chi connectivity index (χ3n) is 2.69. The van der Waals surface area contributed by atoms with E-state index in [1.54, 1.807) is 42.5 Å². The molecule has 0 spiro atoms. The molecule has 0 atom stereocenters. The fourth-order valence-corrected chi connectivity index (χ4v) is 1.92. The minimum absolute atomic E-state index is 0.271. The molecule has 3 N–H and O–H groups in total. The van der Waals surface area contributed by atoms with Crippen molar-refractivity contribution >= 4 is 28.9 Å². The molecule has 0 unspecified atom stereocenters. The van der Waals surface area contributed by atoms with Crippen LogP contribution in [0.5, 0.6) is 5.75 Å². The van der Waals surface area contributed by atoms with Crippen LogP contribution in [0.15, 0.2) is 42.5 Å². The summed E-state index contributed by atoms with van der Waals surface area (Å²) in [5, 5.41) is 3.22. The van der Waals surface area contributed by atoms with E-state index in [4.69, 9.17) is 22.1 Å². The van der Waals surface area contributed by atoms with Gasteiger partial charge in [0.15, 0.2) is 0 Å². The van der Waals surface area contributed by atoms with Gasteiger partial charge in [0.05, 0.1) is 23.0 Å². The molecule has 0 saturated carbocycles. The molecule has 0 aliphatic heterocycles. The van der Waals surface area contributed by atoms with Gasteiger partial charge in [-0.15, -0.1) is 0 Å². The van der Waals surface area contributed by atoms with Crippen LogP contribution in [-0.2, 0) is 0 Å². The van der Waals surface area contributed by atoms with E-state index in [1.807, 2.05) is 6.92 Å². The van der Waals surface area contributed by atoms with Crippen molar-refractivity contribution in [3.63, 3.8) is 0 Å². The Morgan fingerprint density at radius 1 is 1.30 bits per heavy atom. The zero-order chi connectivity index (χ0) is 14.5. The third-order valence-corrected chi connectivity index (χ3v) is 3.02. The number of nitrogens with two attached hydrogens (primary N) is 1. The molecule has 0 saturated heterocycles. The second kappa shape index (κ2) is 6.30. The summed E-state index contributed by atoms with van der Waals surface area (Å²) in [6, 6.07) is 12.0. The van der Waals surface area contributed by atoms with Gasteiger partial charge in [-0.25, -0.2) is 0 Å². The van der Waals surface area contributed by atoms with Gasteiger partial charge in [-0.2, -0.15) is 0 Å². The fourth-order valence-electron chi connectivity index (χ4n) is 1.73. The zero-order valence-corrected chi connectivity index (χ0v) is 11.8. The second-order valence-electron chi connectivity index (χ2n) is 4.12. The van der Waals surface area contributed by atoms with Crippen molar-refractivity contribution in [2.75, 3.05) is 17.7 Å². The predicted octanol–water partition coefficient (Wildman–Crippen LogP) is 3.57. The van der Waals surface area contributed by atoms with Crippen LogP contribution >= 0.6 is 11.6 Å². The minimum atomic E-state index is -0.271. The number of carbonyl (C=O) groups is 1. The quantitative estimate of drug-likeness (QED) is 0.846. The molecule has 2 aromatic rings. The summed E-state index contributed by atoms with van der Waals surface area (Å²) in [7, 11) is 0. The Kier molecular flexibility index (Phi) is 4.48. The SMILES string of the molecule is CCOc1ccc(C(=O)Nc2ccccc2Cl)cc1N. The topological polar surface area (TPSA) is 64.3 Å². The lowest BCUT2D eigenvalue weighted by atomic mass is 10.1. The molecule has 1 amide bonds. The molecule has 0 aliphatic carbocycles. The molecule has 20 heavy (non-hydrogen) atoms. The summed E-state index contributed by atoms with van der Waals surface area (Å²) in [6.45, 7) is 2.40. The molecule has 5 heteroatoms. The number of halogens is 1. The number of para-hydroxylation sites is 1. The number of hydrogen-bond donors (Lipinski definition) is 2. The van der Waals surface area contributed by atoms with Gasteiger partial charge in [-0.3, -0.25) is 4.79 Å². The van der Waals surface area contributed by atoms with Crippen molar-refractivity contribution in [3.05, 3.63) is 53.1 Å². The van der Waals surface area contributed by atoms with Gasteiger partial charge >= 0.3 is 0 Å². The van der Waals surface area contributed by atoms with Gasteiger partial charge in [-0.05, 0) is 37.3 Å². The predicted molar refractivity (Wildman–Crippen MR) is 81.4 cm³/mol. The van der Waals surface area contributed by atoms with Crippen molar-refractivity contribution in [2.24, 2.45) is 0 Å². The summed E-state index contributed by atoms with van der Waals surface area (Å²) in [5.41, 5.74) is 7.28. The van der Waals surface area contributed by atoms with E-state index in [9.17, 15) is 4.79 Å². The minimum Gasteiger partial charge on any atom is -0.492 e.